The quantitative estimate of drug-likeness (QED) is 0.474. The molecule has 0 bridgehead atoms. The Balaban J connectivity index is 1.37. The zero-order chi connectivity index (χ0) is 18.2. The van der Waals surface area contributed by atoms with Gasteiger partial charge in [0.2, 0.25) is 5.95 Å². The minimum absolute atomic E-state index is 0.813. The molecule has 1 aliphatic heterocycles. The molecule has 1 N–H and O–H groups in total. The molecule has 1 saturated heterocycles. The Bertz CT molecular complexity index is 693. The summed E-state index contributed by atoms with van der Waals surface area (Å²) >= 11 is 1.76. The molecule has 0 aromatic carbocycles. The molecule has 2 aromatic heterocycles. The molecule has 3 heterocycles. The van der Waals surface area contributed by atoms with Gasteiger partial charge in [0.15, 0.2) is 5.96 Å². The van der Waals surface area contributed by atoms with Gasteiger partial charge in [-0.05, 0) is 32.3 Å². The Morgan fingerprint density at radius 2 is 1.96 bits per heavy atom. The standard InChI is InChI=1S/C18H27N7S/c1-15-14-26-16(23-15)6-3-4-7-20-17(19-2)24-10-12-25(13-11-24)18-21-8-5-9-22-18/h5,8-9,14H,3-4,6-7,10-13H2,1-2H3,(H,19,20). The number of aliphatic imine (C=N–C) groups is 1. The van der Waals surface area contributed by atoms with E-state index in [-0.39, 0.29) is 0 Å². The van der Waals surface area contributed by atoms with Crippen molar-refractivity contribution in [3.05, 3.63) is 34.5 Å². The summed E-state index contributed by atoms with van der Waals surface area (Å²) in [4.78, 5) is 22.2. The van der Waals surface area contributed by atoms with Crippen LogP contribution in [-0.4, -0.2) is 65.6 Å². The maximum Gasteiger partial charge on any atom is 0.225 e. The highest BCUT2D eigenvalue weighted by Gasteiger charge is 2.20. The van der Waals surface area contributed by atoms with Gasteiger partial charge in [0.1, 0.15) is 0 Å². The number of nitrogens with one attached hydrogen (secondary N) is 1. The van der Waals surface area contributed by atoms with Gasteiger partial charge in [0.05, 0.1) is 5.01 Å². The van der Waals surface area contributed by atoms with Crippen LogP contribution in [-0.2, 0) is 6.42 Å². The lowest BCUT2D eigenvalue weighted by atomic mass is 10.2. The maximum absolute atomic E-state index is 4.52. The molecule has 0 aliphatic carbocycles. The topological polar surface area (TPSA) is 69.5 Å². The van der Waals surface area contributed by atoms with Crippen LogP contribution in [0.5, 0.6) is 0 Å². The summed E-state index contributed by atoms with van der Waals surface area (Å²) in [6.07, 6.45) is 6.92. The lowest BCUT2D eigenvalue weighted by molar-refractivity contribution is 0.370. The van der Waals surface area contributed by atoms with E-state index in [0.29, 0.717) is 0 Å². The van der Waals surface area contributed by atoms with E-state index in [2.05, 4.69) is 47.4 Å². The van der Waals surface area contributed by atoms with Crippen molar-refractivity contribution < 1.29 is 0 Å². The summed E-state index contributed by atoms with van der Waals surface area (Å²) in [7, 11) is 1.85. The van der Waals surface area contributed by atoms with Crippen molar-refractivity contribution in [3.8, 4) is 0 Å². The number of aryl methyl sites for hydroxylation is 2. The van der Waals surface area contributed by atoms with Crippen LogP contribution in [0.2, 0.25) is 0 Å². The average Bonchev–Trinajstić information content (AvgIpc) is 3.11. The molecular formula is C18H27N7S. The van der Waals surface area contributed by atoms with Gasteiger partial charge in [-0.2, -0.15) is 0 Å². The second kappa shape index (κ2) is 9.47. The number of hydrogen-bond acceptors (Lipinski definition) is 6. The fourth-order valence-electron chi connectivity index (χ4n) is 3.02. The molecule has 0 spiro atoms. The normalized spacial score (nSPS) is 15.4. The summed E-state index contributed by atoms with van der Waals surface area (Å²) in [5.41, 5.74) is 1.13. The number of rotatable bonds is 6. The molecule has 0 atom stereocenters. The summed E-state index contributed by atoms with van der Waals surface area (Å²) in [5, 5.41) is 6.86. The molecule has 2 aromatic rings. The zero-order valence-electron chi connectivity index (χ0n) is 15.6. The number of aromatic nitrogens is 3. The lowest BCUT2D eigenvalue weighted by Gasteiger charge is -2.36. The van der Waals surface area contributed by atoms with E-state index < -0.39 is 0 Å². The maximum atomic E-state index is 4.52. The number of guanidine groups is 1. The molecule has 0 unspecified atom stereocenters. The second-order valence-corrected chi connectivity index (χ2v) is 7.28. The Kier molecular flexibility index (Phi) is 6.76. The van der Waals surface area contributed by atoms with E-state index in [1.54, 1.807) is 23.7 Å². The Morgan fingerprint density at radius 1 is 1.19 bits per heavy atom. The monoisotopic (exact) mass is 373 g/mol. The number of anilines is 1. The van der Waals surface area contributed by atoms with Gasteiger partial charge in [0, 0.05) is 63.2 Å². The molecule has 26 heavy (non-hydrogen) atoms. The summed E-state index contributed by atoms with van der Waals surface area (Å²) in [6, 6.07) is 1.85. The molecule has 0 radical (unpaired) electrons. The lowest BCUT2D eigenvalue weighted by Crippen LogP contribution is -2.53. The highest BCUT2D eigenvalue weighted by molar-refractivity contribution is 7.09. The van der Waals surface area contributed by atoms with E-state index in [9.17, 15) is 0 Å². The van der Waals surface area contributed by atoms with Gasteiger partial charge < -0.3 is 15.1 Å². The smallest absolute Gasteiger partial charge is 0.225 e. The van der Waals surface area contributed by atoms with E-state index in [4.69, 9.17) is 0 Å². The van der Waals surface area contributed by atoms with Crippen LogP contribution >= 0.6 is 11.3 Å². The van der Waals surface area contributed by atoms with Crippen molar-refractivity contribution in [3.63, 3.8) is 0 Å². The van der Waals surface area contributed by atoms with Crippen molar-refractivity contribution in [1.82, 2.24) is 25.2 Å². The first-order valence-electron chi connectivity index (χ1n) is 9.15. The molecule has 1 aliphatic rings. The van der Waals surface area contributed by atoms with Gasteiger partial charge >= 0.3 is 0 Å². The molecule has 1 fully saturated rings. The Morgan fingerprint density at radius 3 is 2.62 bits per heavy atom. The number of thiazole rings is 1. The van der Waals surface area contributed by atoms with Gasteiger partial charge in [0.25, 0.3) is 0 Å². The van der Waals surface area contributed by atoms with Gasteiger partial charge in [-0.1, -0.05) is 0 Å². The third kappa shape index (κ3) is 5.14. The molecule has 0 saturated carbocycles. The zero-order valence-corrected chi connectivity index (χ0v) is 16.4. The third-order valence-electron chi connectivity index (χ3n) is 4.39. The number of piperazine rings is 1. The van der Waals surface area contributed by atoms with Crippen LogP contribution in [0, 0.1) is 6.92 Å². The van der Waals surface area contributed by atoms with Crippen molar-refractivity contribution in [2.24, 2.45) is 4.99 Å². The van der Waals surface area contributed by atoms with Gasteiger partial charge in [-0.3, -0.25) is 4.99 Å². The van der Waals surface area contributed by atoms with E-state index in [1.807, 2.05) is 13.1 Å². The summed E-state index contributed by atoms with van der Waals surface area (Å²) in [5.74, 6) is 1.80. The molecular weight excluding hydrogens is 346 g/mol. The van der Waals surface area contributed by atoms with Crippen LogP contribution in [0.3, 0.4) is 0 Å². The van der Waals surface area contributed by atoms with E-state index >= 15 is 0 Å². The highest BCUT2D eigenvalue weighted by Crippen LogP contribution is 2.12. The number of unbranched alkanes of at least 4 members (excludes halogenated alkanes) is 1. The summed E-state index contributed by atoms with van der Waals surface area (Å²) in [6.45, 7) is 6.67. The Hall–Kier alpha value is -2.22. The van der Waals surface area contributed by atoms with E-state index in [0.717, 1.165) is 69.6 Å². The average molecular weight is 374 g/mol. The first kappa shape index (κ1) is 18.6. The van der Waals surface area contributed by atoms with E-state index in [1.165, 1.54) is 5.01 Å². The van der Waals surface area contributed by atoms with Crippen molar-refractivity contribution in [2.45, 2.75) is 26.2 Å². The largest absolute Gasteiger partial charge is 0.356 e. The fourth-order valence-corrected chi connectivity index (χ4v) is 3.84. The SMILES string of the molecule is CN=C(NCCCCc1nc(C)cs1)N1CCN(c2ncccn2)CC1. The minimum atomic E-state index is 0.813. The van der Waals surface area contributed by atoms with Crippen molar-refractivity contribution in [1.29, 1.82) is 0 Å². The van der Waals surface area contributed by atoms with Crippen LogP contribution in [0.1, 0.15) is 23.5 Å². The molecule has 8 heteroatoms. The van der Waals surface area contributed by atoms with Gasteiger partial charge in [-0.15, -0.1) is 11.3 Å². The predicted molar refractivity (Wildman–Crippen MR) is 107 cm³/mol. The molecule has 140 valence electrons. The van der Waals surface area contributed by atoms with Crippen molar-refractivity contribution in [2.75, 3.05) is 44.7 Å². The molecule has 7 nitrogen and oxygen atoms in total. The van der Waals surface area contributed by atoms with Crippen molar-refractivity contribution >= 4 is 23.2 Å². The minimum Gasteiger partial charge on any atom is -0.356 e. The highest BCUT2D eigenvalue weighted by atomic mass is 32.1. The number of hydrogen-bond donors (Lipinski definition) is 1. The fraction of sp³-hybridized carbons (Fsp3) is 0.556. The first-order valence-corrected chi connectivity index (χ1v) is 10.0. The number of nitrogens with zero attached hydrogens (tertiary/aromatic N) is 6. The first-order chi connectivity index (χ1) is 12.8. The van der Waals surface area contributed by atoms with Crippen LogP contribution < -0.4 is 10.2 Å². The van der Waals surface area contributed by atoms with Crippen LogP contribution in [0.25, 0.3) is 0 Å². The molecule has 3 rings (SSSR count). The predicted octanol–water partition coefficient (Wildman–Crippen LogP) is 1.96. The Labute approximate surface area is 159 Å². The van der Waals surface area contributed by atoms with Gasteiger partial charge in [-0.25, -0.2) is 15.0 Å². The van der Waals surface area contributed by atoms with Crippen LogP contribution in [0.15, 0.2) is 28.8 Å². The summed E-state index contributed by atoms with van der Waals surface area (Å²) < 4.78 is 0. The molecule has 0 amide bonds. The third-order valence-corrected chi connectivity index (χ3v) is 5.42. The second-order valence-electron chi connectivity index (χ2n) is 6.34. The van der Waals surface area contributed by atoms with Crippen LogP contribution in [0.4, 0.5) is 5.95 Å².